The first-order chi connectivity index (χ1) is 8.34. The molecular weight excluding hydrogens is 230 g/mol. The summed E-state index contributed by atoms with van der Waals surface area (Å²) in [5.41, 5.74) is 2.28. The smallest absolute Gasteiger partial charge is 0.259 e. The Morgan fingerprint density at radius 2 is 1.59 bits per heavy atom. The summed E-state index contributed by atoms with van der Waals surface area (Å²) in [6, 6.07) is 17.3. The Morgan fingerprint density at radius 1 is 0.882 bits per heavy atom. The third-order valence-electron chi connectivity index (χ3n) is 2.54. The predicted octanol–water partition coefficient (Wildman–Crippen LogP) is 3.32. The summed E-state index contributed by atoms with van der Waals surface area (Å²) in [5.74, 6) is 0. The fourth-order valence-corrected chi connectivity index (χ4v) is 2.55. The van der Waals surface area contributed by atoms with E-state index in [1.165, 1.54) is 11.3 Å². The van der Waals surface area contributed by atoms with Gasteiger partial charge in [-0.05, 0) is 12.1 Å². The molecule has 0 radical (unpaired) electrons. The van der Waals surface area contributed by atoms with Gasteiger partial charge in [-0.1, -0.05) is 53.8 Å². The second-order valence-electron chi connectivity index (χ2n) is 3.68. The molecule has 0 unspecified atom stereocenters. The van der Waals surface area contributed by atoms with Crippen molar-refractivity contribution in [3.8, 4) is 11.3 Å². The van der Waals surface area contributed by atoms with Gasteiger partial charge >= 0.3 is 0 Å². The first kappa shape index (κ1) is 10.2. The Bertz CT molecular complexity index is 719. The van der Waals surface area contributed by atoms with Crippen LogP contribution in [-0.4, -0.2) is 4.98 Å². The van der Waals surface area contributed by atoms with Gasteiger partial charge in [0.1, 0.15) is 5.69 Å². The number of hydrogen-bond donors (Lipinski definition) is 0. The molecule has 0 aliphatic rings. The van der Waals surface area contributed by atoms with Crippen molar-refractivity contribution in [1.29, 1.82) is 0 Å². The minimum Gasteiger partial charge on any atom is -0.275 e. The van der Waals surface area contributed by atoms with Crippen molar-refractivity contribution in [2.45, 2.75) is 0 Å². The van der Waals surface area contributed by atoms with E-state index in [1.807, 2.05) is 54.6 Å². The molecule has 0 N–H and O–H groups in total. The van der Waals surface area contributed by atoms with Crippen molar-refractivity contribution < 1.29 is 0 Å². The third-order valence-corrected chi connectivity index (χ3v) is 3.48. The Labute approximate surface area is 102 Å². The maximum atomic E-state index is 12.0. The number of aromatic nitrogens is 1. The molecule has 3 aromatic rings. The number of rotatable bonds is 1. The highest BCUT2D eigenvalue weighted by Gasteiger charge is 2.06. The normalized spacial score (nSPS) is 10.6. The lowest BCUT2D eigenvalue weighted by atomic mass is 10.2. The third kappa shape index (κ3) is 1.85. The highest BCUT2D eigenvalue weighted by molar-refractivity contribution is 7.16. The first-order valence-corrected chi connectivity index (χ1v) is 6.11. The second kappa shape index (κ2) is 4.11. The molecule has 0 aliphatic heterocycles. The molecule has 0 saturated heterocycles. The van der Waals surface area contributed by atoms with Crippen molar-refractivity contribution >= 4 is 21.6 Å². The van der Waals surface area contributed by atoms with Crippen molar-refractivity contribution in [3.05, 3.63) is 64.1 Å². The van der Waals surface area contributed by atoms with E-state index >= 15 is 0 Å². The van der Waals surface area contributed by atoms with Crippen molar-refractivity contribution in [1.82, 2.24) is 4.98 Å². The molecule has 2 aromatic carbocycles. The number of benzene rings is 2. The zero-order valence-electron chi connectivity index (χ0n) is 8.96. The van der Waals surface area contributed by atoms with E-state index < -0.39 is 0 Å². The molecule has 0 aliphatic carbocycles. The Balaban J connectivity index is 2.31. The molecule has 1 heterocycles. The van der Waals surface area contributed by atoms with Crippen LogP contribution in [0, 0.1) is 0 Å². The quantitative estimate of drug-likeness (QED) is 0.652. The van der Waals surface area contributed by atoms with E-state index in [0.717, 1.165) is 15.8 Å². The summed E-state index contributed by atoms with van der Waals surface area (Å²) >= 11 is 1.25. The van der Waals surface area contributed by atoms with Gasteiger partial charge in [-0.2, -0.15) is 0 Å². The van der Waals surface area contributed by atoms with Crippen molar-refractivity contribution in [2.75, 3.05) is 0 Å². The van der Waals surface area contributed by atoms with Crippen LogP contribution < -0.4 is 4.74 Å². The van der Waals surface area contributed by atoms with Crippen LogP contribution in [0.3, 0.4) is 0 Å². The second-order valence-corrected chi connectivity index (χ2v) is 4.70. The molecular formula is C14H9NOS. The van der Waals surface area contributed by atoms with Crippen LogP contribution in [0.2, 0.25) is 0 Å². The standard InChI is InChI=1S/C14H9NOS/c16-14-13(10-6-2-1-3-7-10)15-11-8-4-5-9-12(11)17-14/h1-9H. The Morgan fingerprint density at radius 3 is 2.41 bits per heavy atom. The monoisotopic (exact) mass is 239 g/mol. The van der Waals surface area contributed by atoms with Gasteiger partial charge in [0.25, 0.3) is 4.74 Å². The molecule has 82 valence electrons. The lowest BCUT2D eigenvalue weighted by Crippen LogP contribution is -2.02. The average Bonchev–Trinajstić information content (AvgIpc) is 2.39. The Kier molecular flexibility index (Phi) is 2.46. The van der Waals surface area contributed by atoms with Gasteiger partial charge in [0.2, 0.25) is 0 Å². The minimum absolute atomic E-state index is 0.00917. The molecule has 0 bridgehead atoms. The van der Waals surface area contributed by atoms with E-state index in [-0.39, 0.29) is 4.74 Å². The predicted molar refractivity (Wildman–Crippen MR) is 71.3 cm³/mol. The summed E-state index contributed by atoms with van der Waals surface area (Å²) in [6.45, 7) is 0. The summed E-state index contributed by atoms with van der Waals surface area (Å²) in [4.78, 5) is 16.4. The SMILES string of the molecule is O=c1sc2ccccc2nc1-c1ccccc1. The van der Waals surface area contributed by atoms with Crippen LogP contribution in [0.15, 0.2) is 59.4 Å². The molecule has 3 heteroatoms. The molecule has 1 aromatic heterocycles. The fourth-order valence-electron chi connectivity index (χ4n) is 1.73. The maximum Gasteiger partial charge on any atom is 0.259 e. The number of hydrogen-bond acceptors (Lipinski definition) is 3. The number of para-hydroxylation sites is 1. The molecule has 2 nitrogen and oxygen atoms in total. The van der Waals surface area contributed by atoms with E-state index in [2.05, 4.69) is 4.98 Å². The van der Waals surface area contributed by atoms with Crippen LogP contribution in [0.5, 0.6) is 0 Å². The molecule has 17 heavy (non-hydrogen) atoms. The van der Waals surface area contributed by atoms with Crippen LogP contribution in [0.25, 0.3) is 21.5 Å². The summed E-state index contributed by atoms with van der Waals surface area (Å²) in [5, 5.41) is 0. The number of nitrogens with zero attached hydrogens (tertiary/aromatic N) is 1. The van der Waals surface area contributed by atoms with Crippen LogP contribution in [-0.2, 0) is 0 Å². The van der Waals surface area contributed by atoms with Crippen molar-refractivity contribution in [3.63, 3.8) is 0 Å². The van der Waals surface area contributed by atoms with E-state index in [9.17, 15) is 4.79 Å². The van der Waals surface area contributed by atoms with Gasteiger partial charge in [-0.25, -0.2) is 4.98 Å². The molecule has 3 rings (SSSR count). The van der Waals surface area contributed by atoms with Gasteiger partial charge < -0.3 is 0 Å². The summed E-state index contributed by atoms with van der Waals surface area (Å²) < 4.78 is 0.937. The Hall–Kier alpha value is -2.00. The topological polar surface area (TPSA) is 30.0 Å². The van der Waals surface area contributed by atoms with Gasteiger partial charge in [0.15, 0.2) is 0 Å². The highest BCUT2D eigenvalue weighted by atomic mass is 32.1. The van der Waals surface area contributed by atoms with Crippen LogP contribution in [0.1, 0.15) is 0 Å². The van der Waals surface area contributed by atoms with Crippen molar-refractivity contribution in [2.24, 2.45) is 0 Å². The zero-order chi connectivity index (χ0) is 11.7. The highest BCUT2D eigenvalue weighted by Crippen LogP contribution is 2.19. The molecule has 0 fully saturated rings. The molecule has 0 atom stereocenters. The maximum absolute atomic E-state index is 12.0. The minimum atomic E-state index is 0.00917. The van der Waals surface area contributed by atoms with Gasteiger partial charge in [-0.15, -0.1) is 0 Å². The number of fused-ring (bicyclic) bond motifs is 1. The summed E-state index contributed by atoms with van der Waals surface area (Å²) in [6.07, 6.45) is 0. The van der Waals surface area contributed by atoms with Gasteiger partial charge in [0.05, 0.1) is 10.2 Å². The van der Waals surface area contributed by atoms with Crippen LogP contribution in [0.4, 0.5) is 0 Å². The molecule has 0 amide bonds. The van der Waals surface area contributed by atoms with Gasteiger partial charge in [-0.3, -0.25) is 4.79 Å². The zero-order valence-corrected chi connectivity index (χ0v) is 9.78. The largest absolute Gasteiger partial charge is 0.275 e. The molecule has 0 spiro atoms. The molecule has 0 saturated carbocycles. The summed E-state index contributed by atoms with van der Waals surface area (Å²) in [7, 11) is 0. The van der Waals surface area contributed by atoms with E-state index in [4.69, 9.17) is 0 Å². The van der Waals surface area contributed by atoms with E-state index in [0.29, 0.717) is 5.69 Å². The lowest BCUT2D eigenvalue weighted by molar-refractivity contribution is 1.40. The lowest BCUT2D eigenvalue weighted by Gasteiger charge is -2.00. The average molecular weight is 239 g/mol. The first-order valence-electron chi connectivity index (χ1n) is 5.30. The van der Waals surface area contributed by atoms with Gasteiger partial charge in [0, 0.05) is 5.56 Å². The van der Waals surface area contributed by atoms with E-state index in [1.54, 1.807) is 0 Å². The fraction of sp³-hybridized carbons (Fsp3) is 0. The van der Waals surface area contributed by atoms with Crippen LogP contribution >= 0.6 is 11.3 Å².